The van der Waals surface area contributed by atoms with E-state index >= 15 is 0 Å². The van der Waals surface area contributed by atoms with Gasteiger partial charge in [0.05, 0.1) is 24.4 Å². The molecule has 6 heteroatoms. The molecule has 0 spiro atoms. The van der Waals surface area contributed by atoms with Gasteiger partial charge in [0.15, 0.2) is 5.13 Å². The summed E-state index contributed by atoms with van der Waals surface area (Å²) in [5.74, 6) is 0.593. The van der Waals surface area contributed by atoms with E-state index in [1.54, 1.807) is 30.7 Å². The Kier molecular flexibility index (Phi) is 3.47. The lowest BCUT2D eigenvalue weighted by molar-refractivity contribution is 0.416. The molecular formula is C11H8ClN3OS. The molecule has 1 N–H and O–H groups in total. The predicted molar refractivity (Wildman–Crippen MR) is 68.1 cm³/mol. The highest BCUT2D eigenvalue weighted by molar-refractivity contribution is 7.14. The first kappa shape index (κ1) is 11.7. The smallest absolute Gasteiger partial charge is 0.188 e. The minimum atomic E-state index is 0.449. The molecule has 0 aliphatic rings. The Balaban J connectivity index is 2.30. The van der Waals surface area contributed by atoms with Crippen molar-refractivity contribution >= 4 is 33.8 Å². The lowest BCUT2D eigenvalue weighted by atomic mass is 10.2. The maximum absolute atomic E-state index is 8.79. The van der Waals surface area contributed by atoms with Gasteiger partial charge in [-0.15, -0.1) is 11.3 Å². The molecule has 1 heterocycles. The van der Waals surface area contributed by atoms with Gasteiger partial charge in [-0.1, -0.05) is 11.6 Å². The van der Waals surface area contributed by atoms with Gasteiger partial charge in [-0.3, -0.25) is 0 Å². The Morgan fingerprint density at radius 2 is 2.35 bits per heavy atom. The summed E-state index contributed by atoms with van der Waals surface area (Å²) in [6.07, 6.45) is 0. The maximum atomic E-state index is 8.79. The van der Waals surface area contributed by atoms with Crippen molar-refractivity contribution in [3.05, 3.63) is 34.3 Å². The van der Waals surface area contributed by atoms with E-state index in [9.17, 15) is 0 Å². The monoisotopic (exact) mass is 265 g/mol. The minimum Gasteiger partial charge on any atom is -0.495 e. The van der Waals surface area contributed by atoms with Crippen LogP contribution in [-0.2, 0) is 0 Å². The van der Waals surface area contributed by atoms with E-state index in [2.05, 4.69) is 16.4 Å². The second-order valence-electron chi connectivity index (χ2n) is 3.13. The molecule has 17 heavy (non-hydrogen) atoms. The van der Waals surface area contributed by atoms with Crippen molar-refractivity contribution < 1.29 is 4.74 Å². The third-order valence-electron chi connectivity index (χ3n) is 2.05. The average Bonchev–Trinajstić information content (AvgIpc) is 2.75. The molecule has 0 saturated carbocycles. The molecule has 0 saturated heterocycles. The molecule has 0 fully saturated rings. The quantitative estimate of drug-likeness (QED) is 0.924. The number of benzene rings is 1. The molecular weight excluding hydrogens is 258 g/mol. The zero-order valence-electron chi connectivity index (χ0n) is 8.90. The number of rotatable bonds is 3. The van der Waals surface area contributed by atoms with Crippen LogP contribution in [0.2, 0.25) is 5.15 Å². The molecule has 1 aromatic heterocycles. The number of anilines is 2. The van der Waals surface area contributed by atoms with Crippen LogP contribution in [0, 0.1) is 11.3 Å². The molecule has 0 unspecified atom stereocenters. The number of hydrogen-bond acceptors (Lipinski definition) is 5. The summed E-state index contributed by atoms with van der Waals surface area (Å²) in [7, 11) is 1.55. The summed E-state index contributed by atoms with van der Waals surface area (Å²) < 4.78 is 5.20. The Morgan fingerprint density at radius 1 is 1.53 bits per heavy atom. The van der Waals surface area contributed by atoms with Crippen LogP contribution >= 0.6 is 22.9 Å². The van der Waals surface area contributed by atoms with Crippen molar-refractivity contribution in [2.45, 2.75) is 0 Å². The fourth-order valence-corrected chi connectivity index (χ4v) is 2.14. The number of methoxy groups -OCH3 is 1. The van der Waals surface area contributed by atoms with Gasteiger partial charge in [-0.05, 0) is 12.1 Å². The molecule has 0 amide bonds. The summed E-state index contributed by atoms with van der Waals surface area (Å²) >= 11 is 7.13. The van der Waals surface area contributed by atoms with Gasteiger partial charge in [0.2, 0.25) is 0 Å². The second-order valence-corrected chi connectivity index (χ2v) is 4.37. The van der Waals surface area contributed by atoms with Crippen LogP contribution in [-0.4, -0.2) is 12.1 Å². The van der Waals surface area contributed by atoms with Gasteiger partial charge >= 0.3 is 0 Å². The highest BCUT2D eigenvalue weighted by Gasteiger charge is 2.06. The van der Waals surface area contributed by atoms with Crippen molar-refractivity contribution in [1.29, 1.82) is 5.26 Å². The van der Waals surface area contributed by atoms with Crippen molar-refractivity contribution in [2.75, 3.05) is 12.4 Å². The van der Waals surface area contributed by atoms with Crippen LogP contribution in [0.15, 0.2) is 23.6 Å². The molecule has 2 rings (SSSR count). The van der Waals surface area contributed by atoms with Crippen molar-refractivity contribution in [3.63, 3.8) is 0 Å². The SMILES string of the molecule is COc1cc(C#N)ccc1Nc1nc(Cl)cs1. The lowest BCUT2D eigenvalue weighted by Crippen LogP contribution is -1.94. The molecule has 4 nitrogen and oxygen atoms in total. The van der Waals surface area contributed by atoms with Crippen LogP contribution in [0.5, 0.6) is 5.75 Å². The third kappa shape index (κ3) is 2.67. The molecule has 0 aliphatic carbocycles. The Hall–Kier alpha value is -1.77. The molecule has 0 aliphatic heterocycles. The topological polar surface area (TPSA) is 57.9 Å². The third-order valence-corrected chi connectivity index (χ3v) is 3.13. The molecule has 0 radical (unpaired) electrons. The van der Waals surface area contributed by atoms with E-state index < -0.39 is 0 Å². The molecule has 0 atom stereocenters. The summed E-state index contributed by atoms with van der Waals surface area (Å²) in [5.41, 5.74) is 1.29. The Morgan fingerprint density at radius 3 is 2.94 bits per heavy atom. The van der Waals surface area contributed by atoms with Gasteiger partial charge in [0, 0.05) is 11.4 Å². The number of nitriles is 1. The Labute approximate surface area is 107 Å². The number of aromatic nitrogens is 1. The van der Waals surface area contributed by atoms with Crippen LogP contribution in [0.4, 0.5) is 10.8 Å². The predicted octanol–water partition coefficient (Wildman–Crippen LogP) is 3.42. The number of halogens is 1. The van der Waals surface area contributed by atoms with E-state index in [1.807, 2.05) is 0 Å². The zero-order valence-corrected chi connectivity index (χ0v) is 10.5. The zero-order chi connectivity index (χ0) is 12.3. The van der Waals surface area contributed by atoms with E-state index in [-0.39, 0.29) is 0 Å². The largest absolute Gasteiger partial charge is 0.495 e. The first-order valence-corrected chi connectivity index (χ1v) is 5.95. The Bertz CT molecular complexity index is 576. The minimum absolute atomic E-state index is 0.449. The molecule has 0 bridgehead atoms. The normalized spacial score (nSPS) is 9.71. The highest BCUT2D eigenvalue weighted by Crippen LogP contribution is 2.30. The number of nitrogens with one attached hydrogen (secondary N) is 1. The van der Waals surface area contributed by atoms with E-state index in [0.29, 0.717) is 21.6 Å². The number of thiazole rings is 1. The average molecular weight is 266 g/mol. The molecule has 86 valence electrons. The first-order chi connectivity index (χ1) is 8.22. The van der Waals surface area contributed by atoms with Crippen LogP contribution < -0.4 is 10.1 Å². The summed E-state index contributed by atoms with van der Waals surface area (Å²) in [4.78, 5) is 4.08. The molecule has 2 aromatic rings. The van der Waals surface area contributed by atoms with Gasteiger partial charge in [0.25, 0.3) is 0 Å². The van der Waals surface area contributed by atoms with Crippen molar-refractivity contribution in [2.24, 2.45) is 0 Å². The standard InChI is InChI=1S/C11H8ClN3OS/c1-16-9-4-7(5-13)2-3-8(9)14-11-15-10(12)6-17-11/h2-4,6H,1H3,(H,14,15). The lowest BCUT2D eigenvalue weighted by Gasteiger charge is -2.08. The van der Waals surface area contributed by atoms with Crippen molar-refractivity contribution in [1.82, 2.24) is 4.98 Å². The second kappa shape index (κ2) is 5.04. The summed E-state index contributed by atoms with van der Waals surface area (Å²) in [6.45, 7) is 0. The fourth-order valence-electron chi connectivity index (χ4n) is 1.29. The van der Waals surface area contributed by atoms with E-state index in [0.717, 1.165) is 5.69 Å². The van der Waals surface area contributed by atoms with Crippen molar-refractivity contribution in [3.8, 4) is 11.8 Å². The van der Waals surface area contributed by atoms with Gasteiger partial charge in [-0.25, -0.2) is 4.98 Å². The summed E-state index contributed by atoms with van der Waals surface area (Å²) in [6, 6.07) is 7.20. The maximum Gasteiger partial charge on any atom is 0.188 e. The van der Waals surface area contributed by atoms with Gasteiger partial charge in [-0.2, -0.15) is 5.26 Å². The van der Waals surface area contributed by atoms with Crippen LogP contribution in [0.3, 0.4) is 0 Å². The number of nitrogens with zero attached hydrogens (tertiary/aromatic N) is 2. The van der Waals surface area contributed by atoms with E-state index in [1.165, 1.54) is 11.3 Å². The summed E-state index contributed by atoms with van der Waals surface area (Å²) in [5, 5.41) is 14.7. The van der Waals surface area contributed by atoms with Crippen LogP contribution in [0.1, 0.15) is 5.56 Å². The first-order valence-electron chi connectivity index (χ1n) is 4.69. The van der Waals surface area contributed by atoms with E-state index in [4.69, 9.17) is 21.6 Å². The number of hydrogen-bond donors (Lipinski definition) is 1. The number of ether oxygens (including phenoxy) is 1. The van der Waals surface area contributed by atoms with Gasteiger partial charge in [0.1, 0.15) is 10.9 Å². The highest BCUT2D eigenvalue weighted by atomic mass is 35.5. The van der Waals surface area contributed by atoms with Crippen LogP contribution in [0.25, 0.3) is 0 Å². The fraction of sp³-hybridized carbons (Fsp3) is 0.0909. The van der Waals surface area contributed by atoms with Gasteiger partial charge < -0.3 is 10.1 Å². The molecule has 1 aromatic carbocycles.